The number of hydrogen-bond acceptors (Lipinski definition) is 4. The van der Waals surface area contributed by atoms with E-state index < -0.39 is 0 Å². The monoisotopic (exact) mass is 278 g/mol. The summed E-state index contributed by atoms with van der Waals surface area (Å²) in [7, 11) is 0. The molecule has 0 amide bonds. The lowest BCUT2D eigenvalue weighted by atomic mass is 10.1. The summed E-state index contributed by atoms with van der Waals surface area (Å²) in [4.78, 5) is 4.42. The van der Waals surface area contributed by atoms with Gasteiger partial charge in [0, 0.05) is 17.5 Å². The second kappa shape index (κ2) is 5.25. The first-order valence-electron chi connectivity index (χ1n) is 6.69. The molecule has 0 bridgehead atoms. The Hall–Kier alpha value is -2.87. The van der Waals surface area contributed by atoms with Crippen molar-refractivity contribution in [3.05, 3.63) is 48.3 Å². The van der Waals surface area contributed by atoms with E-state index in [2.05, 4.69) is 16.2 Å². The Morgan fingerprint density at radius 2 is 2.10 bits per heavy atom. The van der Waals surface area contributed by atoms with Crippen LogP contribution in [0, 0.1) is 11.3 Å². The zero-order chi connectivity index (χ0) is 14.8. The van der Waals surface area contributed by atoms with E-state index in [1.165, 1.54) is 0 Å². The summed E-state index contributed by atoms with van der Waals surface area (Å²) in [5, 5.41) is 14.3. The van der Waals surface area contributed by atoms with Gasteiger partial charge in [-0.05, 0) is 19.9 Å². The molecular weight excluding hydrogens is 264 g/mol. The molecule has 0 saturated heterocycles. The van der Waals surface area contributed by atoms with Crippen molar-refractivity contribution in [1.82, 2.24) is 14.8 Å². The topological polar surface area (TPSA) is 63.7 Å². The Morgan fingerprint density at radius 1 is 1.29 bits per heavy atom. The van der Waals surface area contributed by atoms with E-state index in [-0.39, 0.29) is 6.04 Å². The third kappa shape index (κ3) is 2.56. The first-order valence-corrected chi connectivity index (χ1v) is 6.69. The van der Waals surface area contributed by atoms with Gasteiger partial charge in [0.25, 0.3) is 0 Å². The number of ether oxygens (including phenoxy) is 1. The number of nitriles is 1. The van der Waals surface area contributed by atoms with Crippen LogP contribution in [0.1, 0.15) is 25.5 Å². The maximum Gasteiger partial charge on any atom is 0.221 e. The summed E-state index contributed by atoms with van der Waals surface area (Å²) in [6.45, 7) is 4.08. The summed E-state index contributed by atoms with van der Waals surface area (Å²) >= 11 is 0. The van der Waals surface area contributed by atoms with E-state index >= 15 is 0 Å². The van der Waals surface area contributed by atoms with Gasteiger partial charge in [-0.3, -0.25) is 4.68 Å². The molecule has 0 atom stereocenters. The van der Waals surface area contributed by atoms with Crippen molar-refractivity contribution in [2.75, 3.05) is 0 Å². The van der Waals surface area contributed by atoms with Crippen molar-refractivity contribution < 1.29 is 4.74 Å². The Labute approximate surface area is 122 Å². The molecular formula is C16H14N4O. The van der Waals surface area contributed by atoms with Crippen LogP contribution in [-0.4, -0.2) is 14.8 Å². The van der Waals surface area contributed by atoms with Crippen molar-refractivity contribution >= 4 is 10.9 Å². The molecule has 0 aliphatic carbocycles. The highest BCUT2D eigenvalue weighted by molar-refractivity contribution is 5.85. The normalized spacial score (nSPS) is 10.8. The second-order valence-corrected chi connectivity index (χ2v) is 4.99. The van der Waals surface area contributed by atoms with Gasteiger partial charge in [-0.1, -0.05) is 18.2 Å². The Morgan fingerprint density at radius 3 is 2.81 bits per heavy atom. The number of aromatic nitrogens is 3. The van der Waals surface area contributed by atoms with E-state index in [9.17, 15) is 5.26 Å². The predicted octanol–water partition coefficient (Wildman–Crippen LogP) is 3.68. The molecule has 0 radical (unpaired) electrons. The molecule has 21 heavy (non-hydrogen) atoms. The first kappa shape index (κ1) is 13.1. The number of rotatable bonds is 3. The van der Waals surface area contributed by atoms with Crippen molar-refractivity contribution in [2.45, 2.75) is 19.9 Å². The second-order valence-electron chi connectivity index (χ2n) is 4.99. The fourth-order valence-electron chi connectivity index (χ4n) is 2.07. The molecule has 104 valence electrons. The van der Waals surface area contributed by atoms with Gasteiger partial charge in [-0.2, -0.15) is 10.4 Å². The maximum atomic E-state index is 9.25. The van der Waals surface area contributed by atoms with Crippen LogP contribution in [0.4, 0.5) is 0 Å². The number of para-hydroxylation sites is 1. The average Bonchev–Trinajstić information content (AvgIpc) is 2.95. The van der Waals surface area contributed by atoms with Gasteiger partial charge in [0.2, 0.25) is 5.88 Å². The van der Waals surface area contributed by atoms with Crippen LogP contribution < -0.4 is 4.74 Å². The molecule has 0 aliphatic heterocycles. The minimum atomic E-state index is 0.265. The summed E-state index contributed by atoms with van der Waals surface area (Å²) in [6, 6.07) is 11.6. The fourth-order valence-corrected chi connectivity index (χ4v) is 2.07. The highest BCUT2D eigenvalue weighted by Crippen LogP contribution is 2.25. The van der Waals surface area contributed by atoms with Crippen molar-refractivity contribution in [3.63, 3.8) is 0 Å². The SMILES string of the molecule is CC(C)n1cc(Oc2cc(C#N)c3ccccc3n2)cn1. The van der Waals surface area contributed by atoms with Gasteiger partial charge in [-0.15, -0.1) is 0 Å². The molecule has 0 aliphatic rings. The van der Waals surface area contributed by atoms with Crippen LogP contribution in [0.5, 0.6) is 11.6 Å². The number of benzene rings is 1. The lowest BCUT2D eigenvalue weighted by Gasteiger charge is -2.06. The van der Waals surface area contributed by atoms with Gasteiger partial charge >= 0.3 is 0 Å². The Kier molecular flexibility index (Phi) is 3.28. The van der Waals surface area contributed by atoms with Crippen LogP contribution in [0.15, 0.2) is 42.7 Å². The van der Waals surface area contributed by atoms with Gasteiger partial charge in [0.15, 0.2) is 5.75 Å². The third-order valence-corrected chi connectivity index (χ3v) is 3.14. The summed E-state index contributed by atoms with van der Waals surface area (Å²) in [5.74, 6) is 1.00. The summed E-state index contributed by atoms with van der Waals surface area (Å²) in [6.07, 6.45) is 3.45. The molecule has 0 saturated carbocycles. The van der Waals surface area contributed by atoms with Crippen molar-refractivity contribution in [2.24, 2.45) is 0 Å². The number of pyridine rings is 1. The Balaban J connectivity index is 1.98. The van der Waals surface area contributed by atoms with Gasteiger partial charge < -0.3 is 4.74 Å². The smallest absolute Gasteiger partial charge is 0.221 e. The zero-order valence-corrected chi connectivity index (χ0v) is 11.8. The molecule has 3 aromatic rings. The van der Waals surface area contributed by atoms with E-state index in [0.29, 0.717) is 17.2 Å². The molecule has 1 aromatic carbocycles. The van der Waals surface area contributed by atoms with Crippen LogP contribution in [-0.2, 0) is 0 Å². The zero-order valence-electron chi connectivity index (χ0n) is 11.8. The number of hydrogen-bond donors (Lipinski definition) is 0. The fraction of sp³-hybridized carbons (Fsp3) is 0.188. The maximum absolute atomic E-state index is 9.25. The largest absolute Gasteiger partial charge is 0.436 e. The molecule has 0 fully saturated rings. The van der Waals surface area contributed by atoms with Gasteiger partial charge in [-0.25, -0.2) is 4.98 Å². The first-order chi connectivity index (χ1) is 10.2. The minimum absolute atomic E-state index is 0.265. The summed E-state index contributed by atoms with van der Waals surface area (Å²) in [5.41, 5.74) is 1.29. The van der Waals surface area contributed by atoms with Gasteiger partial charge in [0.1, 0.15) is 6.07 Å². The highest BCUT2D eigenvalue weighted by Gasteiger charge is 2.09. The minimum Gasteiger partial charge on any atom is -0.436 e. The average molecular weight is 278 g/mol. The highest BCUT2D eigenvalue weighted by atomic mass is 16.5. The van der Waals surface area contributed by atoms with Crippen molar-refractivity contribution in [3.8, 4) is 17.7 Å². The standard InChI is InChI=1S/C16H14N4O/c1-11(2)20-10-13(9-18-20)21-16-7-12(8-17)14-5-3-4-6-15(14)19-16/h3-7,9-11H,1-2H3. The molecule has 5 nitrogen and oxygen atoms in total. The van der Waals surface area contributed by atoms with E-state index in [4.69, 9.17) is 4.74 Å². The molecule has 0 unspecified atom stereocenters. The van der Waals surface area contributed by atoms with E-state index in [0.717, 1.165) is 10.9 Å². The quantitative estimate of drug-likeness (QED) is 0.733. The van der Waals surface area contributed by atoms with E-state index in [1.807, 2.05) is 49.0 Å². The molecule has 0 N–H and O–H groups in total. The number of nitrogens with zero attached hydrogens (tertiary/aromatic N) is 4. The molecule has 2 aromatic heterocycles. The summed E-state index contributed by atoms with van der Waals surface area (Å²) < 4.78 is 7.52. The van der Waals surface area contributed by atoms with Crippen LogP contribution >= 0.6 is 0 Å². The lowest BCUT2D eigenvalue weighted by Crippen LogP contribution is -1.99. The van der Waals surface area contributed by atoms with Crippen LogP contribution in [0.2, 0.25) is 0 Å². The van der Waals surface area contributed by atoms with Crippen LogP contribution in [0.25, 0.3) is 10.9 Å². The van der Waals surface area contributed by atoms with Crippen LogP contribution in [0.3, 0.4) is 0 Å². The Bertz CT molecular complexity index is 830. The number of fused-ring (bicyclic) bond motifs is 1. The molecule has 0 spiro atoms. The van der Waals surface area contributed by atoms with Gasteiger partial charge in [0.05, 0.1) is 23.5 Å². The molecule has 3 rings (SSSR count). The molecule has 2 heterocycles. The lowest BCUT2D eigenvalue weighted by molar-refractivity contribution is 0.461. The molecule has 5 heteroatoms. The van der Waals surface area contributed by atoms with E-state index in [1.54, 1.807) is 12.3 Å². The van der Waals surface area contributed by atoms with Crippen molar-refractivity contribution in [1.29, 1.82) is 5.26 Å². The predicted molar refractivity (Wildman–Crippen MR) is 79.1 cm³/mol. The third-order valence-electron chi connectivity index (χ3n) is 3.14.